The Morgan fingerprint density at radius 2 is 1.72 bits per heavy atom. The molecule has 2 aromatic carbocycles. The van der Waals surface area contributed by atoms with Crippen molar-refractivity contribution in [3.63, 3.8) is 0 Å². The molecule has 1 heterocycles. The highest BCUT2D eigenvalue weighted by Crippen LogP contribution is 2.23. The van der Waals surface area contributed by atoms with Gasteiger partial charge in [0.15, 0.2) is 5.16 Å². The van der Waals surface area contributed by atoms with Gasteiger partial charge >= 0.3 is 0 Å². The second kappa shape index (κ2) is 8.87. The van der Waals surface area contributed by atoms with Gasteiger partial charge in [-0.15, -0.1) is 0 Å². The van der Waals surface area contributed by atoms with Crippen molar-refractivity contribution in [1.82, 2.24) is 9.97 Å². The monoisotopic (exact) mass is 416 g/mol. The Morgan fingerprint density at radius 1 is 0.960 bits per heavy atom. The fraction of sp³-hybridized carbons (Fsp3) is 0.158. The number of rotatable bonds is 7. The molecule has 0 aliphatic carbocycles. The number of ether oxygens (including phenoxy) is 2. The lowest BCUT2D eigenvalue weighted by Gasteiger charge is -2.08. The number of thioether (sulfide) groups is 1. The molecule has 0 unspecified atom stereocenters. The third-order valence-corrected chi connectivity index (χ3v) is 4.51. The number of benzene rings is 2. The molecule has 0 bridgehead atoms. The molecule has 3 aromatic rings. The number of aryl methyl sites for hydroxylation is 1. The number of aromatic nitrogens is 2. The average Bonchev–Trinajstić information content (AvgIpc) is 2.61. The fourth-order valence-electron chi connectivity index (χ4n) is 2.06. The van der Waals surface area contributed by atoms with E-state index in [4.69, 9.17) is 9.47 Å². The third kappa shape index (κ3) is 5.76. The summed E-state index contributed by atoms with van der Waals surface area (Å²) in [6.07, 6.45) is 0. The van der Waals surface area contributed by atoms with Crippen LogP contribution < -0.4 is 9.47 Å². The molecule has 1 aromatic heterocycles. The number of halogens is 1. The van der Waals surface area contributed by atoms with Crippen LogP contribution in [0.5, 0.6) is 17.4 Å². The smallest absolute Gasteiger partial charge is 0.223 e. The van der Waals surface area contributed by atoms with Crippen LogP contribution in [0.3, 0.4) is 0 Å². The molecule has 0 aliphatic rings. The van der Waals surface area contributed by atoms with E-state index in [0.29, 0.717) is 17.6 Å². The summed E-state index contributed by atoms with van der Waals surface area (Å²) in [6.45, 7) is 2.51. The fourth-order valence-corrected chi connectivity index (χ4v) is 3.04. The van der Waals surface area contributed by atoms with Gasteiger partial charge < -0.3 is 9.47 Å². The lowest BCUT2D eigenvalue weighted by molar-refractivity contribution is 0.344. The Morgan fingerprint density at radius 3 is 2.48 bits per heavy atom. The number of hydrogen-bond acceptors (Lipinski definition) is 5. The van der Waals surface area contributed by atoms with E-state index >= 15 is 0 Å². The third-order valence-electron chi connectivity index (χ3n) is 3.17. The van der Waals surface area contributed by atoms with Gasteiger partial charge in [0.05, 0.1) is 6.61 Å². The van der Waals surface area contributed by atoms with E-state index in [-0.39, 0.29) is 0 Å². The van der Waals surface area contributed by atoms with Crippen molar-refractivity contribution in [2.45, 2.75) is 12.1 Å². The van der Waals surface area contributed by atoms with Crippen molar-refractivity contribution >= 4 is 27.7 Å². The standard InChI is InChI=1S/C19H17BrN2O2S/c1-14-13-18(24-17-5-3-2-4-6-17)22-19(21-14)25-12-11-23-16-9-7-15(20)8-10-16/h2-10,13H,11-12H2,1H3. The summed E-state index contributed by atoms with van der Waals surface area (Å²) < 4.78 is 12.5. The molecule has 0 N–H and O–H groups in total. The molecule has 0 aliphatic heterocycles. The van der Waals surface area contributed by atoms with Gasteiger partial charge in [-0.1, -0.05) is 45.9 Å². The molecule has 0 spiro atoms. The molecular formula is C19H17BrN2O2S. The molecule has 128 valence electrons. The molecule has 3 rings (SSSR count). The van der Waals surface area contributed by atoms with Gasteiger partial charge in [-0.2, -0.15) is 4.98 Å². The van der Waals surface area contributed by atoms with Crippen LogP contribution in [0, 0.1) is 6.92 Å². The molecule has 6 heteroatoms. The van der Waals surface area contributed by atoms with E-state index in [1.54, 1.807) is 11.8 Å². The maximum Gasteiger partial charge on any atom is 0.223 e. The Balaban J connectivity index is 1.54. The van der Waals surface area contributed by atoms with Crippen molar-refractivity contribution in [2.24, 2.45) is 0 Å². The summed E-state index contributed by atoms with van der Waals surface area (Å²) in [5, 5.41) is 0.685. The van der Waals surface area contributed by atoms with Crippen LogP contribution in [0.1, 0.15) is 5.69 Å². The first-order valence-corrected chi connectivity index (χ1v) is 9.57. The maximum atomic E-state index is 5.79. The van der Waals surface area contributed by atoms with E-state index < -0.39 is 0 Å². The van der Waals surface area contributed by atoms with Gasteiger partial charge in [-0.3, -0.25) is 0 Å². The van der Waals surface area contributed by atoms with Gasteiger partial charge in [0.1, 0.15) is 11.5 Å². The largest absolute Gasteiger partial charge is 0.493 e. The molecule has 0 saturated heterocycles. The topological polar surface area (TPSA) is 44.2 Å². The van der Waals surface area contributed by atoms with Crippen molar-refractivity contribution in [1.29, 1.82) is 0 Å². The van der Waals surface area contributed by atoms with E-state index in [2.05, 4.69) is 25.9 Å². The summed E-state index contributed by atoms with van der Waals surface area (Å²) in [6, 6.07) is 19.2. The first kappa shape index (κ1) is 17.8. The van der Waals surface area contributed by atoms with Gasteiger partial charge in [-0.05, 0) is 43.3 Å². The summed E-state index contributed by atoms with van der Waals surface area (Å²) in [5.41, 5.74) is 0.872. The zero-order valence-electron chi connectivity index (χ0n) is 13.7. The van der Waals surface area contributed by atoms with Crippen LogP contribution in [0.15, 0.2) is 70.3 Å². The molecule has 0 amide bonds. The van der Waals surface area contributed by atoms with Crippen LogP contribution in [-0.2, 0) is 0 Å². The van der Waals surface area contributed by atoms with E-state index in [0.717, 1.165) is 27.4 Å². The Labute approximate surface area is 159 Å². The van der Waals surface area contributed by atoms with Crippen LogP contribution in [0.2, 0.25) is 0 Å². The Kier molecular flexibility index (Phi) is 6.30. The summed E-state index contributed by atoms with van der Waals surface area (Å²) in [7, 11) is 0. The minimum absolute atomic E-state index is 0.551. The van der Waals surface area contributed by atoms with Crippen molar-refractivity contribution in [2.75, 3.05) is 12.4 Å². The van der Waals surface area contributed by atoms with Crippen LogP contribution >= 0.6 is 27.7 Å². The molecule has 4 nitrogen and oxygen atoms in total. The highest BCUT2D eigenvalue weighted by molar-refractivity contribution is 9.10. The zero-order valence-corrected chi connectivity index (χ0v) is 16.1. The summed E-state index contributed by atoms with van der Waals surface area (Å²) in [4.78, 5) is 8.89. The molecular weight excluding hydrogens is 400 g/mol. The predicted octanol–water partition coefficient (Wildman–Crippen LogP) is 5.51. The van der Waals surface area contributed by atoms with E-state index in [1.807, 2.05) is 67.6 Å². The highest BCUT2D eigenvalue weighted by atomic mass is 79.9. The first-order valence-electron chi connectivity index (χ1n) is 7.79. The average molecular weight is 417 g/mol. The minimum Gasteiger partial charge on any atom is -0.493 e. The molecule has 0 radical (unpaired) electrons. The quantitative estimate of drug-likeness (QED) is 0.288. The van der Waals surface area contributed by atoms with Gasteiger partial charge in [0.25, 0.3) is 0 Å². The van der Waals surface area contributed by atoms with Crippen LogP contribution in [0.25, 0.3) is 0 Å². The van der Waals surface area contributed by atoms with Crippen molar-refractivity contribution in [3.05, 3.63) is 70.8 Å². The van der Waals surface area contributed by atoms with Crippen molar-refractivity contribution < 1.29 is 9.47 Å². The van der Waals surface area contributed by atoms with Crippen LogP contribution in [-0.4, -0.2) is 22.3 Å². The predicted molar refractivity (Wildman–Crippen MR) is 104 cm³/mol. The SMILES string of the molecule is Cc1cc(Oc2ccccc2)nc(SCCOc2ccc(Br)cc2)n1. The first-order chi connectivity index (χ1) is 12.2. The second-order valence-electron chi connectivity index (χ2n) is 5.20. The normalized spacial score (nSPS) is 10.5. The number of hydrogen-bond donors (Lipinski definition) is 0. The van der Waals surface area contributed by atoms with Crippen LogP contribution in [0.4, 0.5) is 0 Å². The summed E-state index contributed by atoms with van der Waals surface area (Å²) >= 11 is 4.95. The van der Waals surface area contributed by atoms with Gasteiger partial charge in [-0.25, -0.2) is 4.98 Å². The second-order valence-corrected chi connectivity index (χ2v) is 7.17. The molecule has 0 fully saturated rings. The maximum absolute atomic E-state index is 5.79. The zero-order chi connectivity index (χ0) is 17.5. The molecule has 0 saturated carbocycles. The van der Waals surface area contributed by atoms with E-state index in [1.165, 1.54) is 0 Å². The van der Waals surface area contributed by atoms with Gasteiger partial charge in [0, 0.05) is 22.0 Å². The van der Waals surface area contributed by atoms with E-state index in [9.17, 15) is 0 Å². The minimum atomic E-state index is 0.551. The lowest BCUT2D eigenvalue weighted by atomic mass is 10.3. The van der Waals surface area contributed by atoms with Gasteiger partial charge in [0.2, 0.25) is 5.88 Å². The lowest BCUT2D eigenvalue weighted by Crippen LogP contribution is -2.02. The Hall–Kier alpha value is -2.05. The molecule has 0 atom stereocenters. The number of para-hydroxylation sites is 1. The molecule has 25 heavy (non-hydrogen) atoms. The van der Waals surface area contributed by atoms with Crippen molar-refractivity contribution in [3.8, 4) is 17.4 Å². The highest BCUT2D eigenvalue weighted by Gasteiger charge is 2.05. The summed E-state index contributed by atoms with van der Waals surface area (Å²) in [5.74, 6) is 2.91. The number of nitrogens with zero attached hydrogens (tertiary/aromatic N) is 2. The Bertz CT molecular complexity index is 813.